The van der Waals surface area contributed by atoms with Gasteiger partial charge < -0.3 is 25.0 Å². The zero-order valence-corrected chi connectivity index (χ0v) is 15.7. The summed E-state index contributed by atoms with van der Waals surface area (Å²) in [6.07, 6.45) is 0. The molecule has 2 aromatic rings. The van der Waals surface area contributed by atoms with E-state index in [-0.39, 0.29) is 36.0 Å². The summed E-state index contributed by atoms with van der Waals surface area (Å²) in [5, 5.41) is 30.4. The second kappa shape index (κ2) is 7.92. The van der Waals surface area contributed by atoms with Crippen molar-refractivity contribution in [3.05, 3.63) is 64.2 Å². The van der Waals surface area contributed by atoms with E-state index in [1.54, 1.807) is 12.1 Å². The molecule has 28 heavy (non-hydrogen) atoms. The average molecular weight is 404 g/mol. The highest BCUT2D eigenvalue weighted by atomic mass is 35.5. The number of rotatable bonds is 5. The van der Waals surface area contributed by atoms with Crippen LogP contribution in [0.15, 0.2) is 48.0 Å². The van der Waals surface area contributed by atoms with Crippen molar-refractivity contribution < 1.29 is 29.6 Å². The van der Waals surface area contributed by atoms with Crippen LogP contribution in [0, 0.1) is 0 Å². The van der Waals surface area contributed by atoms with Gasteiger partial charge in [0.2, 0.25) is 0 Å². The van der Waals surface area contributed by atoms with E-state index >= 15 is 0 Å². The minimum atomic E-state index is -0.947. The Morgan fingerprint density at radius 3 is 2.46 bits per heavy atom. The van der Waals surface area contributed by atoms with Crippen LogP contribution in [0.4, 0.5) is 0 Å². The fraction of sp³-hybridized carbons (Fsp3) is 0.200. The van der Waals surface area contributed by atoms with Crippen LogP contribution >= 0.6 is 11.6 Å². The van der Waals surface area contributed by atoms with Crippen molar-refractivity contribution in [2.45, 2.75) is 6.04 Å². The second-order valence-electron chi connectivity index (χ2n) is 6.15. The van der Waals surface area contributed by atoms with Crippen LogP contribution < -0.4 is 4.74 Å². The minimum Gasteiger partial charge on any atom is -0.507 e. The molecular formula is C20H18ClNO6. The molecule has 8 heteroatoms. The maximum absolute atomic E-state index is 12.7. The molecule has 3 rings (SSSR count). The summed E-state index contributed by atoms with van der Waals surface area (Å²) in [5.74, 6) is -2.01. The number of Topliss-reactive ketones (excluding diaryl/α,β-unsaturated/α-hetero) is 1. The van der Waals surface area contributed by atoms with Gasteiger partial charge in [0.25, 0.3) is 11.7 Å². The van der Waals surface area contributed by atoms with Crippen molar-refractivity contribution in [1.82, 2.24) is 4.90 Å². The number of benzene rings is 2. The summed E-state index contributed by atoms with van der Waals surface area (Å²) in [6, 6.07) is 9.60. The lowest BCUT2D eigenvalue weighted by molar-refractivity contribution is -0.140. The zero-order valence-electron chi connectivity index (χ0n) is 14.9. The molecule has 1 aliphatic heterocycles. The number of aliphatic hydroxyl groups is 2. The molecule has 3 N–H and O–H groups in total. The molecule has 7 nitrogen and oxygen atoms in total. The van der Waals surface area contributed by atoms with Gasteiger partial charge in [-0.05, 0) is 42.0 Å². The lowest BCUT2D eigenvalue weighted by Gasteiger charge is -2.25. The molecule has 0 unspecified atom stereocenters. The summed E-state index contributed by atoms with van der Waals surface area (Å²) in [5.41, 5.74) is 0.647. The molecule has 0 bridgehead atoms. The number of phenols is 1. The monoisotopic (exact) mass is 403 g/mol. The molecule has 1 atom stereocenters. The van der Waals surface area contributed by atoms with E-state index in [1.807, 2.05) is 0 Å². The highest BCUT2D eigenvalue weighted by molar-refractivity contribution is 6.46. The van der Waals surface area contributed by atoms with E-state index in [0.717, 1.165) is 0 Å². The third-order valence-electron chi connectivity index (χ3n) is 4.52. The number of ether oxygens (including phenoxy) is 1. The Kier molecular flexibility index (Phi) is 5.58. The van der Waals surface area contributed by atoms with E-state index in [2.05, 4.69) is 0 Å². The number of aromatic hydroxyl groups is 1. The van der Waals surface area contributed by atoms with Crippen molar-refractivity contribution in [2.75, 3.05) is 20.3 Å². The maximum Gasteiger partial charge on any atom is 0.295 e. The number of phenolic OH excluding ortho intramolecular Hbond substituents is 1. The number of β-amino-alcohol motifs (C(OH)–C–C–N with tert-alkyl or cyclic N) is 1. The number of hydrogen-bond acceptors (Lipinski definition) is 6. The third kappa shape index (κ3) is 3.42. The highest BCUT2D eigenvalue weighted by Gasteiger charge is 2.46. The second-order valence-corrected chi connectivity index (χ2v) is 6.59. The van der Waals surface area contributed by atoms with E-state index in [0.29, 0.717) is 16.1 Å². The van der Waals surface area contributed by atoms with Crippen LogP contribution in [0.5, 0.6) is 11.5 Å². The lowest BCUT2D eigenvalue weighted by atomic mass is 9.95. The molecule has 0 spiro atoms. The normalized spacial score (nSPS) is 18.5. The number of aliphatic hydroxyl groups excluding tert-OH is 2. The van der Waals surface area contributed by atoms with E-state index in [9.17, 15) is 24.9 Å². The topological polar surface area (TPSA) is 107 Å². The summed E-state index contributed by atoms with van der Waals surface area (Å²) in [4.78, 5) is 26.4. The summed E-state index contributed by atoms with van der Waals surface area (Å²) in [7, 11) is 1.37. The number of nitrogens with zero attached hydrogens (tertiary/aromatic N) is 1. The molecule has 1 heterocycles. The smallest absolute Gasteiger partial charge is 0.295 e. The Morgan fingerprint density at radius 2 is 1.86 bits per heavy atom. The van der Waals surface area contributed by atoms with E-state index in [1.165, 1.54) is 42.3 Å². The average Bonchev–Trinajstić information content (AvgIpc) is 2.94. The van der Waals surface area contributed by atoms with Crippen molar-refractivity contribution in [2.24, 2.45) is 0 Å². The number of halogens is 1. The zero-order chi connectivity index (χ0) is 20.4. The Labute approximate surface area is 166 Å². The van der Waals surface area contributed by atoms with Gasteiger partial charge in [-0.25, -0.2) is 0 Å². The molecule has 1 aliphatic rings. The van der Waals surface area contributed by atoms with Crippen molar-refractivity contribution in [1.29, 1.82) is 0 Å². The molecule has 1 fully saturated rings. The largest absolute Gasteiger partial charge is 0.507 e. The first-order valence-corrected chi connectivity index (χ1v) is 8.79. The Balaban J connectivity index is 2.20. The van der Waals surface area contributed by atoms with Gasteiger partial charge in [-0.15, -0.1) is 0 Å². The molecule has 2 aromatic carbocycles. The molecule has 1 saturated heterocycles. The van der Waals surface area contributed by atoms with Crippen LogP contribution in [-0.2, 0) is 9.59 Å². The van der Waals surface area contributed by atoms with E-state index in [4.69, 9.17) is 16.3 Å². The number of likely N-dealkylation sites (tertiary alicyclic amines) is 1. The van der Waals surface area contributed by atoms with Crippen LogP contribution in [0.3, 0.4) is 0 Å². The van der Waals surface area contributed by atoms with Crippen LogP contribution in [0.2, 0.25) is 5.02 Å². The molecular weight excluding hydrogens is 386 g/mol. The number of carbonyl (C=O) groups is 2. The number of carbonyl (C=O) groups excluding carboxylic acids is 2. The quantitative estimate of drug-likeness (QED) is 0.402. The molecule has 0 saturated carbocycles. The number of hydrogen-bond donors (Lipinski definition) is 3. The van der Waals surface area contributed by atoms with E-state index < -0.39 is 17.7 Å². The minimum absolute atomic E-state index is 0.101. The molecule has 1 amide bonds. The van der Waals surface area contributed by atoms with Crippen molar-refractivity contribution in [3.8, 4) is 11.5 Å². The standard InChI is InChI=1S/C20H18ClNO6/c1-28-15-10-12(4-7-14(15)24)17-16(19(26)20(27)22(17)8-9-23)18(25)11-2-5-13(21)6-3-11/h2-7,10,17,23-25H,8-9H2,1H3/t17-/m0/s1. The Morgan fingerprint density at radius 1 is 1.18 bits per heavy atom. The first-order chi connectivity index (χ1) is 13.4. The SMILES string of the molecule is COc1cc([C@H]2C(=C(O)c3ccc(Cl)cc3)C(=O)C(=O)N2CCO)ccc1O. The van der Waals surface area contributed by atoms with Gasteiger partial charge in [0, 0.05) is 17.1 Å². The van der Waals surface area contributed by atoms with Crippen LogP contribution in [0.25, 0.3) is 5.76 Å². The van der Waals surface area contributed by atoms with Gasteiger partial charge in [-0.2, -0.15) is 0 Å². The first kappa shape index (κ1) is 19.7. The van der Waals surface area contributed by atoms with Gasteiger partial charge >= 0.3 is 0 Å². The van der Waals surface area contributed by atoms with Gasteiger partial charge in [0.15, 0.2) is 11.5 Å². The molecule has 0 aromatic heterocycles. The molecule has 146 valence electrons. The Hall–Kier alpha value is -3.03. The number of amides is 1. The highest BCUT2D eigenvalue weighted by Crippen LogP contribution is 2.41. The third-order valence-corrected chi connectivity index (χ3v) is 4.77. The number of ketones is 1. The van der Waals surface area contributed by atoms with Gasteiger partial charge in [0.05, 0.1) is 25.3 Å². The summed E-state index contributed by atoms with van der Waals surface area (Å²) >= 11 is 5.87. The summed E-state index contributed by atoms with van der Waals surface area (Å²) < 4.78 is 5.11. The lowest BCUT2D eigenvalue weighted by Crippen LogP contribution is -2.32. The number of methoxy groups -OCH3 is 1. The fourth-order valence-electron chi connectivity index (χ4n) is 3.19. The molecule has 0 aliphatic carbocycles. The van der Waals surface area contributed by atoms with Gasteiger partial charge in [-0.3, -0.25) is 9.59 Å². The predicted octanol–water partition coefficient (Wildman–Crippen LogP) is 2.47. The molecule has 0 radical (unpaired) electrons. The van der Waals surface area contributed by atoms with Gasteiger partial charge in [-0.1, -0.05) is 17.7 Å². The maximum atomic E-state index is 12.7. The first-order valence-electron chi connectivity index (χ1n) is 8.41. The van der Waals surface area contributed by atoms with Crippen molar-refractivity contribution >= 4 is 29.1 Å². The predicted molar refractivity (Wildman–Crippen MR) is 102 cm³/mol. The van der Waals surface area contributed by atoms with Crippen LogP contribution in [0.1, 0.15) is 17.2 Å². The summed E-state index contributed by atoms with van der Waals surface area (Å²) in [6.45, 7) is -0.463. The van der Waals surface area contributed by atoms with Crippen LogP contribution in [-0.4, -0.2) is 52.2 Å². The van der Waals surface area contributed by atoms with Gasteiger partial charge in [0.1, 0.15) is 5.76 Å². The van der Waals surface area contributed by atoms with Crippen molar-refractivity contribution in [3.63, 3.8) is 0 Å². The fourth-order valence-corrected chi connectivity index (χ4v) is 3.32. The Bertz CT molecular complexity index is 954.